The number of nitrogens with one attached hydrogen (secondary N) is 1. The van der Waals surface area contributed by atoms with Gasteiger partial charge in [0.2, 0.25) is 0 Å². The topological polar surface area (TPSA) is 21.3 Å². The van der Waals surface area contributed by atoms with Crippen LogP contribution in [0, 0.1) is 0 Å². The number of hydrogen-bond donors (Lipinski definition) is 1. The average Bonchev–Trinajstić information content (AvgIpc) is 1.82. The van der Waals surface area contributed by atoms with Gasteiger partial charge in [0.25, 0.3) is 0 Å². The molecular formula is C6H13NO. The highest BCUT2D eigenvalue weighted by Gasteiger charge is 2.27. The molecule has 1 unspecified atom stereocenters. The fourth-order valence-electron chi connectivity index (χ4n) is 0.951. The van der Waals surface area contributed by atoms with Crippen molar-refractivity contribution in [2.75, 3.05) is 6.54 Å². The highest BCUT2D eigenvalue weighted by molar-refractivity contribution is 4.78. The Morgan fingerprint density at radius 3 is 2.38 bits per heavy atom. The molecule has 48 valence electrons. The Bertz CT molecular complexity index is 90.5. The quantitative estimate of drug-likeness (QED) is 0.502. The minimum Gasteiger partial charge on any atom is -0.356 e. The van der Waals surface area contributed by atoms with E-state index in [9.17, 15) is 0 Å². The first-order valence-corrected chi connectivity index (χ1v) is 3.01. The fourth-order valence-corrected chi connectivity index (χ4v) is 0.951. The maximum absolute atomic E-state index is 5.44. The van der Waals surface area contributed by atoms with Crippen molar-refractivity contribution in [2.24, 2.45) is 0 Å². The molecule has 1 aliphatic rings. The van der Waals surface area contributed by atoms with Gasteiger partial charge in [-0.15, -0.1) is 0 Å². The molecule has 1 N–H and O–H groups in total. The van der Waals surface area contributed by atoms with Gasteiger partial charge in [-0.25, -0.2) is 0 Å². The zero-order valence-corrected chi connectivity index (χ0v) is 5.69. The van der Waals surface area contributed by atoms with Crippen LogP contribution >= 0.6 is 0 Å². The first-order chi connectivity index (χ1) is 3.60. The van der Waals surface area contributed by atoms with Gasteiger partial charge in [-0.05, 0) is 20.8 Å². The Hall–Kier alpha value is -0.0800. The summed E-state index contributed by atoms with van der Waals surface area (Å²) in [6.07, 6.45) is 0.241. The van der Waals surface area contributed by atoms with Crippen molar-refractivity contribution >= 4 is 0 Å². The van der Waals surface area contributed by atoms with Crippen molar-refractivity contribution in [3.8, 4) is 0 Å². The molecule has 2 heteroatoms. The molecule has 1 aliphatic heterocycles. The predicted octanol–water partition coefficient (Wildman–Crippen LogP) is 0.731. The SMILES string of the molecule is CC1NCC(C)(C)O1. The van der Waals surface area contributed by atoms with Gasteiger partial charge in [0, 0.05) is 6.54 Å². The molecular weight excluding hydrogens is 102 g/mol. The Morgan fingerprint density at radius 1 is 1.62 bits per heavy atom. The Labute approximate surface area is 50.2 Å². The van der Waals surface area contributed by atoms with Crippen LogP contribution in [-0.4, -0.2) is 18.4 Å². The minimum atomic E-state index is 0.0550. The molecule has 1 fully saturated rings. The third kappa shape index (κ3) is 1.20. The van der Waals surface area contributed by atoms with E-state index in [0.29, 0.717) is 0 Å². The van der Waals surface area contributed by atoms with Gasteiger partial charge in [0.05, 0.1) is 5.60 Å². The second kappa shape index (κ2) is 1.71. The van der Waals surface area contributed by atoms with Crippen molar-refractivity contribution < 1.29 is 4.74 Å². The molecule has 0 aromatic heterocycles. The third-order valence-electron chi connectivity index (χ3n) is 1.31. The smallest absolute Gasteiger partial charge is 0.106 e. The molecule has 0 amide bonds. The van der Waals surface area contributed by atoms with E-state index >= 15 is 0 Å². The molecule has 0 bridgehead atoms. The van der Waals surface area contributed by atoms with Gasteiger partial charge >= 0.3 is 0 Å². The molecule has 0 aromatic carbocycles. The van der Waals surface area contributed by atoms with Crippen molar-refractivity contribution in [1.29, 1.82) is 0 Å². The van der Waals surface area contributed by atoms with Crippen molar-refractivity contribution in [1.82, 2.24) is 5.32 Å². The molecule has 0 spiro atoms. The molecule has 1 saturated heterocycles. The Morgan fingerprint density at radius 2 is 2.25 bits per heavy atom. The second-order valence-corrected chi connectivity index (χ2v) is 2.90. The maximum atomic E-state index is 5.44. The highest BCUT2D eigenvalue weighted by Crippen LogP contribution is 2.15. The van der Waals surface area contributed by atoms with Crippen LogP contribution in [0.2, 0.25) is 0 Å². The van der Waals surface area contributed by atoms with Gasteiger partial charge in [-0.3, -0.25) is 5.32 Å². The standard InChI is InChI=1S/C6H13NO/c1-5-7-4-6(2,3)8-5/h5,7H,4H2,1-3H3. The second-order valence-electron chi connectivity index (χ2n) is 2.90. The molecule has 1 atom stereocenters. The Balaban J connectivity index is 2.44. The summed E-state index contributed by atoms with van der Waals surface area (Å²) in [5.41, 5.74) is 0.0550. The largest absolute Gasteiger partial charge is 0.356 e. The van der Waals surface area contributed by atoms with E-state index < -0.39 is 0 Å². The maximum Gasteiger partial charge on any atom is 0.106 e. The average molecular weight is 115 g/mol. The summed E-state index contributed by atoms with van der Waals surface area (Å²) in [6, 6.07) is 0. The zero-order chi connectivity index (χ0) is 6.20. The summed E-state index contributed by atoms with van der Waals surface area (Å²) in [5.74, 6) is 0. The molecule has 0 radical (unpaired) electrons. The lowest BCUT2D eigenvalue weighted by atomic mass is 10.1. The van der Waals surface area contributed by atoms with Gasteiger partial charge < -0.3 is 4.74 Å². The number of hydrogen-bond acceptors (Lipinski definition) is 2. The van der Waals surface area contributed by atoms with Crippen molar-refractivity contribution in [2.45, 2.75) is 32.6 Å². The monoisotopic (exact) mass is 115 g/mol. The van der Waals surface area contributed by atoms with Gasteiger partial charge in [-0.1, -0.05) is 0 Å². The summed E-state index contributed by atoms with van der Waals surface area (Å²) in [5, 5.41) is 3.19. The van der Waals surface area contributed by atoms with Crippen LogP contribution in [0.4, 0.5) is 0 Å². The van der Waals surface area contributed by atoms with Crippen molar-refractivity contribution in [3.05, 3.63) is 0 Å². The molecule has 0 aromatic rings. The van der Waals surface area contributed by atoms with Crippen LogP contribution in [0.25, 0.3) is 0 Å². The van der Waals surface area contributed by atoms with Crippen LogP contribution in [0.5, 0.6) is 0 Å². The van der Waals surface area contributed by atoms with Gasteiger partial charge in [0.15, 0.2) is 0 Å². The van der Waals surface area contributed by atoms with Crippen LogP contribution in [0.1, 0.15) is 20.8 Å². The first-order valence-electron chi connectivity index (χ1n) is 3.01. The number of rotatable bonds is 0. The Kier molecular flexibility index (Phi) is 1.29. The highest BCUT2D eigenvalue weighted by atomic mass is 16.5. The summed E-state index contributed by atoms with van der Waals surface area (Å²) in [6.45, 7) is 7.16. The molecule has 0 aliphatic carbocycles. The first kappa shape index (κ1) is 6.05. The van der Waals surface area contributed by atoms with Crippen LogP contribution < -0.4 is 5.32 Å². The number of ether oxygens (including phenoxy) is 1. The van der Waals surface area contributed by atoms with E-state index in [1.165, 1.54) is 0 Å². The van der Waals surface area contributed by atoms with E-state index in [1.54, 1.807) is 0 Å². The molecule has 0 saturated carbocycles. The third-order valence-corrected chi connectivity index (χ3v) is 1.31. The molecule has 1 heterocycles. The van der Waals surface area contributed by atoms with Crippen LogP contribution in [0.15, 0.2) is 0 Å². The van der Waals surface area contributed by atoms with Crippen LogP contribution in [-0.2, 0) is 4.74 Å². The summed E-state index contributed by atoms with van der Waals surface area (Å²) in [4.78, 5) is 0. The minimum absolute atomic E-state index is 0.0550. The zero-order valence-electron chi connectivity index (χ0n) is 5.69. The fraction of sp³-hybridized carbons (Fsp3) is 1.00. The predicted molar refractivity (Wildman–Crippen MR) is 32.6 cm³/mol. The van der Waals surface area contributed by atoms with E-state index in [1.807, 2.05) is 6.92 Å². The lowest BCUT2D eigenvalue weighted by Crippen LogP contribution is -2.23. The lowest BCUT2D eigenvalue weighted by Gasteiger charge is -2.14. The summed E-state index contributed by atoms with van der Waals surface area (Å²) < 4.78 is 5.44. The lowest BCUT2D eigenvalue weighted by molar-refractivity contribution is -0.00507. The normalized spacial score (nSPS) is 35.6. The van der Waals surface area contributed by atoms with E-state index in [0.717, 1.165) is 6.54 Å². The van der Waals surface area contributed by atoms with Gasteiger partial charge in [-0.2, -0.15) is 0 Å². The van der Waals surface area contributed by atoms with E-state index in [2.05, 4.69) is 19.2 Å². The van der Waals surface area contributed by atoms with E-state index in [4.69, 9.17) is 4.74 Å². The van der Waals surface area contributed by atoms with E-state index in [-0.39, 0.29) is 11.8 Å². The summed E-state index contributed by atoms with van der Waals surface area (Å²) in [7, 11) is 0. The van der Waals surface area contributed by atoms with Crippen LogP contribution in [0.3, 0.4) is 0 Å². The molecule has 2 nitrogen and oxygen atoms in total. The molecule has 8 heavy (non-hydrogen) atoms. The summed E-state index contributed by atoms with van der Waals surface area (Å²) >= 11 is 0. The van der Waals surface area contributed by atoms with Crippen molar-refractivity contribution in [3.63, 3.8) is 0 Å². The van der Waals surface area contributed by atoms with Gasteiger partial charge in [0.1, 0.15) is 6.23 Å². The molecule has 1 rings (SSSR count).